The minimum absolute atomic E-state index is 0.0470. The van der Waals surface area contributed by atoms with Crippen molar-refractivity contribution in [2.75, 3.05) is 13.1 Å². The highest BCUT2D eigenvalue weighted by molar-refractivity contribution is 5.42. The van der Waals surface area contributed by atoms with Crippen LogP contribution in [0, 0.1) is 6.92 Å². The van der Waals surface area contributed by atoms with Gasteiger partial charge in [-0.15, -0.1) is 0 Å². The number of nitrogens with zero attached hydrogens (tertiary/aromatic N) is 5. The Morgan fingerprint density at radius 2 is 2.12 bits per heavy atom. The SMILES string of the molecule is CCCn1cc(CN2CCc3nc4cc(C)[nH]n4c(=O)c3CC2)cn1. The minimum Gasteiger partial charge on any atom is -0.298 e. The molecule has 1 aliphatic rings. The van der Waals surface area contributed by atoms with Crippen LogP contribution in [-0.4, -0.2) is 42.4 Å². The number of aryl methyl sites for hydroxylation is 2. The summed E-state index contributed by atoms with van der Waals surface area (Å²) in [5, 5.41) is 7.49. The van der Waals surface area contributed by atoms with E-state index in [1.54, 1.807) is 4.52 Å². The summed E-state index contributed by atoms with van der Waals surface area (Å²) in [7, 11) is 0. The number of aromatic amines is 1. The second-order valence-corrected chi connectivity index (χ2v) is 6.86. The highest BCUT2D eigenvalue weighted by atomic mass is 16.1. The van der Waals surface area contributed by atoms with Gasteiger partial charge in [0, 0.05) is 61.7 Å². The quantitative estimate of drug-likeness (QED) is 0.782. The van der Waals surface area contributed by atoms with Gasteiger partial charge in [0.05, 0.1) is 11.9 Å². The number of hydrogen-bond donors (Lipinski definition) is 1. The summed E-state index contributed by atoms with van der Waals surface area (Å²) < 4.78 is 3.57. The Hall–Kier alpha value is -2.41. The third kappa shape index (κ3) is 3.11. The van der Waals surface area contributed by atoms with Crippen LogP contribution < -0.4 is 5.56 Å². The predicted molar refractivity (Wildman–Crippen MR) is 95.8 cm³/mol. The van der Waals surface area contributed by atoms with E-state index in [0.717, 1.165) is 68.0 Å². The summed E-state index contributed by atoms with van der Waals surface area (Å²) >= 11 is 0. The Bertz CT molecular complexity index is 950. The van der Waals surface area contributed by atoms with Crippen molar-refractivity contribution in [3.8, 4) is 0 Å². The summed E-state index contributed by atoms with van der Waals surface area (Å²) in [5.41, 5.74) is 4.75. The molecule has 1 N–H and O–H groups in total. The first kappa shape index (κ1) is 16.1. The zero-order valence-electron chi connectivity index (χ0n) is 14.8. The average Bonchev–Trinajstić information content (AvgIpc) is 3.11. The van der Waals surface area contributed by atoms with E-state index in [1.165, 1.54) is 5.56 Å². The zero-order valence-corrected chi connectivity index (χ0v) is 14.8. The number of rotatable bonds is 4. The van der Waals surface area contributed by atoms with Gasteiger partial charge in [0.15, 0.2) is 5.65 Å². The standard InChI is InChI=1S/C18H24N6O/c1-3-6-23-12-14(10-19-23)11-22-7-4-15-16(5-8-22)20-17-9-13(2)21-24(17)18(15)25/h9-10,12,21H,3-8,11H2,1-2H3. The van der Waals surface area contributed by atoms with E-state index in [0.29, 0.717) is 0 Å². The molecular formula is C18H24N6O. The van der Waals surface area contributed by atoms with Gasteiger partial charge in [-0.2, -0.15) is 5.10 Å². The summed E-state index contributed by atoms with van der Waals surface area (Å²) in [4.78, 5) is 19.8. The summed E-state index contributed by atoms with van der Waals surface area (Å²) in [6, 6.07) is 1.92. The number of hydrogen-bond acceptors (Lipinski definition) is 4. The maximum atomic E-state index is 12.7. The fourth-order valence-corrected chi connectivity index (χ4v) is 3.58. The van der Waals surface area contributed by atoms with Crippen molar-refractivity contribution in [1.82, 2.24) is 29.3 Å². The lowest BCUT2D eigenvalue weighted by molar-refractivity contribution is 0.278. The molecule has 0 aliphatic carbocycles. The maximum absolute atomic E-state index is 12.7. The minimum atomic E-state index is 0.0470. The molecule has 4 rings (SSSR count). The van der Waals surface area contributed by atoms with Crippen molar-refractivity contribution in [1.29, 1.82) is 0 Å². The van der Waals surface area contributed by atoms with E-state index in [1.807, 2.05) is 23.9 Å². The molecule has 4 heterocycles. The molecule has 0 saturated heterocycles. The predicted octanol–water partition coefficient (Wildman–Crippen LogP) is 1.54. The molecule has 3 aromatic rings. The second kappa shape index (κ2) is 6.48. The van der Waals surface area contributed by atoms with E-state index in [9.17, 15) is 4.79 Å². The van der Waals surface area contributed by atoms with Crippen LogP contribution in [0.3, 0.4) is 0 Å². The van der Waals surface area contributed by atoms with E-state index in [4.69, 9.17) is 4.98 Å². The Kier molecular flexibility index (Phi) is 4.17. The van der Waals surface area contributed by atoms with Crippen LogP contribution >= 0.6 is 0 Å². The van der Waals surface area contributed by atoms with Gasteiger partial charge in [0.1, 0.15) is 0 Å². The van der Waals surface area contributed by atoms with Crippen LogP contribution in [0.15, 0.2) is 23.3 Å². The normalized spacial score (nSPS) is 15.4. The highest BCUT2D eigenvalue weighted by Gasteiger charge is 2.20. The molecule has 7 heteroatoms. The Balaban J connectivity index is 1.53. The zero-order chi connectivity index (χ0) is 17.4. The molecule has 0 saturated carbocycles. The summed E-state index contributed by atoms with van der Waals surface area (Å²) in [5.74, 6) is 0. The molecule has 0 aromatic carbocycles. The van der Waals surface area contributed by atoms with Crippen molar-refractivity contribution in [2.45, 2.75) is 46.2 Å². The van der Waals surface area contributed by atoms with Crippen LogP contribution in [0.4, 0.5) is 0 Å². The largest absolute Gasteiger partial charge is 0.298 e. The van der Waals surface area contributed by atoms with Gasteiger partial charge in [-0.25, -0.2) is 9.50 Å². The van der Waals surface area contributed by atoms with Crippen LogP contribution in [0.2, 0.25) is 0 Å². The summed E-state index contributed by atoms with van der Waals surface area (Å²) in [6.07, 6.45) is 6.72. The van der Waals surface area contributed by atoms with E-state index < -0.39 is 0 Å². The first-order valence-electron chi connectivity index (χ1n) is 8.98. The van der Waals surface area contributed by atoms with Gasteiger partial charge >= 0.3 is 0 Å². The molecule has 0 amide bonds. The fourth-order valence-electron chi connectivity index (χ4n) is 3.58. The van der Waals surface area contributed by atoms with E-state index in [-0.39, 0.29) is 5.56 Å². The van der Waals surface area contributed by atoms with Crippen molar-refractivity contribution in [2.24, 2.45) is 0 Å². The molecule has 0 radical (unpaired) electrons. The average molecular weight is 340 g/mol. The Morgan fingerprint density at radius 3 is 2.96 bits per heavy atom. The number of H-pyrrole nitrogens is 1. The topological polar surface area (TPSA) is 71.2 Å². The van der Waals surface area contributed by atoms with E-state index >= 15 is 0 Å². The van der Waals surface area contributed by atoms with Crippen molar-refractivity contribution in [3.63, 3.8) is 0 Å². The number of aromatic nitrogens is 5. The lowest BCUT2D eigenvalue weighted by Crippen LogP contribution is -2.26. The first-order chi connectivity index (χ1) is 12.1. The molecule has 0 atom stereocenters. The summed E-state index contributed by atoms with van der Waals surface area (Å²) in [6.45, 7) is 7.71. The molecule has 0 fully saturated rings. The molecule has 0 unspecified atom stereocenters. The van der Waals surface area contributed by atoms with Gasteiger partial charge in [-0.3, -0.25) is 19.5 Å². The van der Waals surface area contributed by atoms with Crippen molar-refractivity contribution >= 4 is 5.65 Å². The fraction of sp³-hybridized carbons (Fsp3) is 0.500. The molecule has 0 bridgehead atoms. The third-order valence-corrected chi connectivity index (χ3v) is 4.81. The smallest absolute Gasteiger partial charge is 0.276 e. The van der Waals surface area contributed by atoms with Crippen LogP contribution in [0.5, 0.6) is 0 Å². The third-order valence-electron chi connectivity index (χ3n) is 4.81. The molecular weight excluding hydrogens is 316 g/mol. The lowest BCUT2D eigenvalue weighted by atomic mass is 10.1. The molecule has 25 heavy (non-hydrogen) atoms. The lowest BCUT2D eigenvalue weighted by Gasteiger charge is -2.18. The Labute approximate surface area is 146 Å². The van der Waals surface area contributed by atoms with Gasteiger partial charge in [0.25, 0.3) is 5.56 Å². The second-order valence-electron chi connectivity index (χ2n) is 6.86. The number of nitrogens with one attached hydrogen (secondary N) is 1. The molecule has 0 spiro atoms. The van der Waals surface area contributed by atoms with Crippen molar-refractivity contribution in [3.05, 3.63) is 51.3 Å². The van der Waals surface area contributed by atoms with Gasteiger partial charge < -0.3 is 0 Å². The highest BCUT2D eigenvalue weighted by Crippen LogP contribution is 2.15. The first-order valence-corrected chi connectivity index (χ1v) is 8.98. The van der Waals surface area contributed by atoms with Crippen LogP contribution in [0.1, 0.15) is 35.9 Å². The molecule has 3 aromatic heterocycles. The molecule has 7 nitrogen and oxygen atoms in total. The van der Waals surface area contributed by atoms with Crippen LogP contribution in [-0.2, 0) is 25.9 Å². The Morgan fingerprint density at radius 1 is 1.28 bits per heavy atom. The van der Waals surface area contributed by atoms with E-state index in [2.05, 4.69) is 28.2 Å². The van der Waals surface area contributed by atoms with Crippen LogP contribution in [0.25, 0.3) is 5.65 Å². The van der Waals surface area contributed by atoms with Gasteiger partial charge in [-0.1, -0.05) is 6.92 Å². The molecule has 1 aliphatic heterocycles. The monoisotopic (exact) mass is 340 g/mol. The maximum Gasteiger partial charge on any atom is 0.276 e. The van der Waals surface area contributed by atoms with Gasteiger partial charge in [0.2, 0.25) is 0 Å². The van der Waals surface area contributed by atoms with Gasteiger partial charge in [-0.05, 0) is 19.8 Å². The number of fused-ring (bicyclic) bond motifs is 2. The van der Waals surface area contributed by atoms with Crippen molar-refractivity contribution < 1.29 is 0 Å². The molecule has 132 valence electrons.